The van der Waals surface area contributed by atoms with Gasteiger partial charge in [-0.1, -0.05) is 49.3 Å². The molecule has 0 unspecified atom stereocenters. The van der Waals surface area contributed by atoms with Crippen molar-refractivity contribution in [2.24, 2.45) is 5.73 Å². The van der Waals surface area contributed by atoms with Crippen LogP contribution in [0.3, 0.4) is 0 Å². The van der Waals surface area contributed by atoms with Gasteiger partial charge in [0.1, 0.15) is 4.75 Å². The second kappa shape index (κ2) is 11.0. The molecule has 1 aromatic heterocycles. The number of ether oxygens (including phenoxy) is 1. The number of carbonyl (C=O) groups is 1. The molecule has 3 heterocycles. The van der Waals surface area contributed by atoms with Crippen LogP contribution in [0.15, 0.2) is 30.5 Å². The van der Waals surface area contributed by atoms with E-state index >= 15 is 0 Å². The van der Waals surface area contributed by atoms with E-state index in [0.29, 0.717) is 31.6 Å². The fraction of sp³-hybridized carbons (Fsp3) is 0.500. The van der Waals surface area contributed by atoms with Gasteiger partial charge in [-0.3, -0.25) is 4.79 Å². The topological polar surface area (TPSA) is 95.5 Å². The molecule has 0 spiro atoms. The van der Waals surface area contributed by atoms with E-state index < -0.39 is 4.75 Å². The number of anilines is 1. The summed E-state index contributed by atoms with van der Waals surface area (Å²) in [4.78, 5) is 20.1. The third-order valence-corrected chi connectivity index (χ3v) is 8.04. The van der Waals surface area contributed by atoms with Crippen LogP contribution in [0.2, 0.25) is 0 Å². The first-order chi connectivity index (χ1) is 15.1. The van der Waals surface area contributed by atoms with Crippen LogP contribution in [0, 0.1) is 11.3 Å². The van der Waals surface area contributed by atoms with Crippen LogP contribution in [0.25, 0.3) is 10.4 Å². The Hall–Kier alpha value is -2.12. The Bertz CT molecular complexity index is 895. The van der Waals surface area contributed by atoms with Crippen molar-refractivity contribution in [1.82, 2.24) is 9.29 Å². The maximum atomic E-state index is 12.1. The molecule has 0 bridgehead atoms. The first-order valence-electron chi connectivity index (χ1n) is 10.6. The lowest BCUT2D eigenvalue weighted by Crippen LogP contribution is -2.51. The zero-order chi connectivity index (χ0) is 22.3. The monoisotopic (exact) mass is 459 g/mol. The summed E-state index contributed by atoms with van der Waals surface area (Å²) in [6, 6.07) is 9.72. The number of hydrogen-bond donors (Lipinski definition) is 1. The van der Waals surface area contributed by atoms with Crippen molar-refractivity contribution < 1.29 is 9.53 Å². The average Bonchev–Trinajstić information content (AvgIpc) is 3.32. The van der Waals surface area contributed by atoms with Crippen molar-refractivity contribution in [1.29, 1.82) is 5.26 Å². The molecule has 7 nitrogen and oxygen atoms in total. The minimum absolute atomic E-state index is 0.236. The van der Waals surface area contributed by atoms with E-state index in [-0.39, 0.29) is 5.91 Å². The van der Waals surface area contributed by atoms with Gasteiger partial charge in [0, 0.05) is 45.6 Å². The quantitative estimate of drug-likeness (QED) is 0.684. The fourth-order valence-electron chi connectivity index (χ4n) is 3.56. The Labute approximate surface area is 192 Å². The summed E-state index contributed by atoms with van der Waals surface area (Å²) in [5.74, 6) is -0.236. The molecule has 0 aliphatic carbocycles. The normalized spacial score (nSPS) is 18.5. The van der Waals surface area contributed by atoms with Crippen LogP contribution in [-0.4, -0.2) is 59.3 Å². The van der Waals surface area contributed by atoms with E-state index in [0.717, 1.165) is 41.8 Å². The molecular weight excluding hydrogens is 430 g/mol. The number of nitrogens with two attached hydrogens (primary N) is 1. The zero-order valence-corrected chi connectivity index (χ0v) is 19.7. The molecule has 9 heteroatoms. The number of benzene rings is 1. The molecule has 1 aromatic carbocycles. The van der Waals surface area contributed by atoms with E-state index in [1.165, 1.54) is 0 Å². The molecule has 2 fully saturated rings. The summed E-state index contributed by atoms with van der Waals surface area (Å²) in [7, 11) is 0. The molecule has 0 saturated carbocycles. The zero-order valence-electron chi connectivity index (χ0n) is 18.0. The molecule has 2 N–H and O–H groups in total. The van der Waals surface area contributed by atoms with Crippen LogP contribution < -0.4 is 10.6 Å². The first kappa shape index (κ1) is 23.5. The number of hydrogen-bond acceptors (Lipinski definition) is 8. The number of nitrogens with zero attached hydrogens (tertiary/aromatic N) is 4. The van der Waals surface area contributed by atoms with Crippen LogP contribution in [0.4, 0.5) is 5.13 Å². The van der Waals surface area contributed by atoms with Gasteiger partial charge in [0.05, 0.1) is 16.5 Å². The van der Waals surface area contributed by atoms with Gasteiger partial charge in [0.2, 0.25) is 5.91 Å². The van der Waals surface area contributed by atoms with E-state index in [1.807, 2.05) is 44.3 Å². The van der Waals surface area contributed by atoms with E-state index in [4.69, 9.17) is 15.7 Å². The van der Waals surface area contributed by atoms with Crippen LogP contribution in [0.1, 0.15) is 32.3 Å². The minimum atomic E-state index is -0.537. The van der Waals surface area contributed by atoms with Crippen molar-refractivity contribution in [3.8, 4) is 16.5 Å². The van der Waals surface area contributed by atoms with E-state index in [1.54, 1.807) is 23.3 Å². The highest BCUT2D eigenvalue weighted by Crippen LogP contribution is 2.39. The summed E-state index contributed by atoms with van der Waals surface area (Å²) in [6.07, 6.45) is 3.24. The molecule has 2 aliphatic heterocycles. The Kier molecular flexibility index (Phi) is 8.32. The second-order valence-corrected chi connectivity index (χ2v) is 9.66. The highest BCUT2D eigenvalue weighted by Gasteiger charge is 2.41. The van der Waals surface area contributed by atoms with Crippen molar-refractivity contribution in [3.63, 3.8) is 0 Å². The average molecular weight is 460 g/mol. The Balaban J connectivity index is 0.00000132. The van der Waals surface area contributed by atoms with Crippen molar-refractivity contribution in [3.05, 3.63) is 36.0 Å². The third-order valence-electron chi connectivity index (χ3n) is 5.35. The van der Waals surface area contributed by atoms with Gasteiger partial charge in [-0.2, -0.15) is 5.26 Å². The number of aromatic nitrogens is 1. The van der Waals surface area contributed by atoms with Gasteiger partial charge in [-0.05, 0) is 30.5 Å². The number of thiazole rings is 1. The summed E-state index contributed by atoms with van der Waals surface area (Å²) in [5, 5.41) is 9.95. The lowest BCUT2D eigenvalue weighted by atomic mass is 9.98. The predicted molar refractivity (Wildman–Crippen MR) is 127 cm³/mol. The van der Waals surface area contributed by atoms with Crippen LogP contribution in [0.5, 0.6) is 0 Å². The summed E-state index contributed by atoms with van der Waals surface area (Å²) in [5.41, 5.74) is 7.47. The highest BCUT2D eigenvalue weighted by molar-refractivity contribution is 7.99. The van der Waals surface area contributed by atoms with Crippen molar-refractivity contribution >= 4 is 34.3 Å². The van der Waals surface area contributed by atoms with E-state index in [2.05, 4.69) is 20.3 Å². The number of piperazine rings is 1. The third kappa shape index (κ3) is 5.57. The SMILES string of the molecule is CC.N#Cc1ccc(-c2cnc(N3CCN(SC4(C(N)=O)CCOCC4)CC3)s2)cc1. The molecule has 2 aromatic rings. The molecular formula is C22H29N5O2S2. The van der Waals surface area contributed by atoms with Crippen LogP contribution >= 0.6 is 23.3 Å². The second-order valence-electron chi connectivity index (χ2n) is 7.17. The molecule has 166 valence electrons. The standard InChI is InChI=1S/C20H23N5O2S2.C2H6/c21-13-15-1-3-16(4-2-15)17-14-23-19(28-17)24-7-9-25(10-8-24)29-20(18(22)26)5-11-27-12-6-20;1-2/h1-4,14H,5-12H2,(H2,22,26);1-2H3. The van der Waals surface area contributed by atoms with Gasteiger partial charge in [0.15, 0.2) is 5.13 Å². The summed E-state index contributed by atoms with van der Waals surface area (Å²) in [6.45, 7) is 8.61. The predicted octanol–water partition coefficient (Wildman–Crippen LogP) is 3.51. The number of carbonyl (C=O) groups excluding carboxylic acids is 1. The first-order valence-corrected chi connectivity index (χ1v) is 12.2. The van der Waals surface area contributed by atoms with Gasteiger partial charge >= 0.3 is 0 Å². The Morgan fingerprint density at radius 2 is 1.84 bits per heavy atom. The minimum Gasteiger partial charge on any atom is -0.381 e. The molecule has 4 rings (SSSR count). The lowest BCUT2D eigenvalue weighted by Gasteiger charge is -2.40. The van der Waals surface area contributed by atoms with Gasteiger partial charge in [0.25, 0.3) is 0 Å². The Morgan fingerprint density at radius 3 is 2.42 bits per heavy atom. The van der Waals surface area contributed by atoms with Gasteiger partial charge < -0.3 is 15.4 Å². The maximum Gasteiger partial charge on any atom is 0.235 e. The van der Waals surface area contributed by atoms with Gasteiger partial charge in [-0.15, -0.1) is 0 Å². The number of amides is 1. The summed E-state index contributed by atoms with van der Waals surface area (Å²) >= 11 is 3.27. The highest BCUT2D eigenvalue weighted by atomic mass is 32.2. The number of rotatable bonds is 5. The molecule has 2 saturated heterocycles. The van der Waals surface area contributed by atoms with E-state index in [9.17, 15) is 4.79 Å². The van der Waals surface area contributed by atoms with Crippen molar-refractivity contribution in [2.45, 2.75) is 31.4 Å². The van der Waals surface area contributed by atoms with Crippen molar-refractivity contribution in [2.75, 3.05) is 44.3 Å². The maximum absolute atomic E-state index is 12.1. The number of primary amides is 1. The number of nitriles is 1. The summed E-state index contributed by atoms with van der Waals surface area (Å²) < 4.78 is 7.15. The molecule has 1 amide bonds. The largest absolute Gasteiger partial charge is 0.381 e. The Morgan fingerprint density at radius 1 is 1.19 bits per heavy atom. The van der Waals surface area contributed by atoms with Crippen LogP contribution in [-0.2, 0) is 9.53 Å². The van der Waals surface area contributed by atoms with Gasteiger partial charge in [-0.25, -0.2) is 9.29 Å². The molecule has 31 heavy (non-hydrogen) atoms. The molecule has 0 radical (unpaired) electrons. The lowest BCUT2D eigenvalue weighted by molar-refractivity contribution is -0.122. The molecule has 0 atom stereocenters. The smallest absolute Gasteiger partial charge is 0.235 e. The fourth-order valence-corrected chi connectivity index (χ4v) is 5.81. The molecule has 2 aliphatic rings.